The van der Waals surface area contributed by atoms with Crippen molar-refractivity contribution in [3.8, 4) is 6.07 Å². The van der Waals surface area contributed by atoms with Crippen LogP contribution in [-0.4, -0.2) is 5.97 Å². The number of rotatable bonds is 3. The zero-order valence-electron chi connectivity index (χ0n) is 9.22. The van der Waals surface area contributed by atoms with Gasteiger partial charge < -0.3 is 9.15 Å². The molecule has 0 atom stereocenters. The van der Waals surface area contributed by atoms with Crippen molar-refractivity contribution >= 4 is 21.9 Å². The fourth-order valence-electron chi connectivity index (χ4n) is 1.37. The quantitative estimate of drug-likeness (QED) is 0.816. The highest BCUT2D eigenvalue weighted by molar-refractivity contribution is 9.10. The van der Waals surface area contributed by atoms with Gasteiger partial charge in [-0.05, 0) is 45.8 Å². The second kappa shape index (κ2) is 5.52. The Bertz CT molecular complexity index is 613. The van der Waals surface area contributed by atoms with E-state index in [1.807, 2.05) is 6.07 Å². The van der Waals surface area contributed by atoms with Gasteiger partial charge in [0.05, 0.1) is 11.6 Å². The first-order chi connectivity index (χ1) is 8.69. The van der Waals surface area contributed by atoms with Gasteiger partial charge in [-0.15, -0.1) is 0 Å². The van der Waals surface area contributed by atoms with Crippen molar-refractivity contribution in [3.05, 3.63) is 58.0 Å². The molecule has 0 unspecified atom stereocenters. The van der Waals surface area contributed by atoms with Gasteiger partial charge in [-0.3, -0.25) is 0 Å². The number of hydrogen-bond acceptors (Lipinski definition) is 4. The molecule has 0 aliphatic heterocycles. The molecule has 0 spiro atoms. The maximum absolute atomic E-state index is 11.6. The van der Waals surface area contributed by atoms with Crippen LogP contribution in [0.2, 0.25) is 0 Å². The minimum Gasteiger partial charge on any atom is -0.455 e. The first-order valence-electron chi connectivity index (χ1n) is 5.10. The van der Waals surface area contributed by atoms with Crippen molar-refractivity contribution in [1.82, 2.24) is 0 Å². The summed E-state index contributed by atoms with van der Waals surface area (Å²) < 4.78 is 10.6. The molecule has 0 N–H and O–H groups in total. The van der Waals surface area contributed by atoms with Gasteiger partial charge in [0.25, 0.3) is 0 Å². The van der Waals surface area contributed by atoms with E-state index in [9.17, 15) is 4.79 Å². The summed E-state index contributed by atoms with van der Waals surface area (Å²) in [5.41, 5.74) is 1.29. The topological polar surface area (TPSA) is 63.2 Å². The van der Waals surface area contributed by atoms with Gasteiger partial charge in [-0.2, -0.15) is 5.26 Å². The number of hydrogen-bond donors (Lipinski definition) is 0. The maximum atomic E-state index is 11.6. The van der Waals surface area contributed by atoms with Gasteiger partial charge in [0, 0.05) is 0 Å². The number of carbonyl (C=O) groups excluding carboxylic acids is 1. The molecule has 1 heterocycles. The summed E-state index contributed by atoms with van der Waals surface area (Å²) in [6.45, 7) is 0.104. The summed E-state index contributed by atoms with van der Waals surface area (Å²) in [4.78, 5) is 11.6. The highest BCUT2D eigenvalue weighted by Gasteiger charge is 2.11. The van der Waals surface area contributed by atoms with Crippen molar-refractivity contribution in [1.29, 1.82) is 5.26 Å². The SMILES string of the molecule is N#Cc1cccc(COC(=O)c2ccc(Br)o2)c1. The molecule has 0 fully saturated rings. The van der Waals surface area contributed by atoms with E-state index in [0.717, 1.165) is 5.56 Å². The highest BCUT2D eigenvalue weighted by atomic mass is 79.9. The molecule has 0 bridgehead atoms. The molecule has 4 nitrogen and oxygen atoms in total. The minimum absolute atomic E-state index is 0.104. The van der Waals surface area contributed by atoms with Crippen molar-refractivity contribution in [2.75, 3.05) is 0 Å². The molecule has 1 aromatic heterocycles. The van der Waals surface area contributed by atoms with E-state index in [1.165, 1.54) is 6.07 Å². The Morgan fingerprint density at radius 3 is 2.89 bits per heavy atom. The summed E-state index contributed by atoms with van der Waals surface area (Å²) >= 11 is 3.10. The molecule has 0 amide bonds. The van der Waals surface area contributed by atoms with Crippen LogP contribution in [0.5, 0.6) is 0 Å². The smallest absolute Gasteiger partial charge is 0.374 e. The summed E-state index contributed by atoms with van der Waals surface area (Å²) in [7, 11) is 0. The van der Waals surface area contributed by atoms with Gasteiger partial charge in [0.15, 0.2) is 4.67 Å². The number of benzene rings is 1. The predicted octanol–water partition coefficient (Wildman–Crippen LogP) is 3.27. The summed E-state index contributed by atoms with van der Waals surface area (Å²) in [6, 6.07) is 12.1. The van der Waals surface area contributed by atoms with Crippen LogP contribution in [0.3, 0.4) is 0 Å². The van der Waals surface area contributed by atoms with E-state index in [-0.39, 0.29) is 12.4 Å². The van der Waals surface area contributed by atoms with Crippen LogP contribution >= 0.6 is 15.9 Å². The molecule has 0 aliphatic rings. The molecule has 0 radical (unpaired) electrons. The number of ether oxygens (including phenoxy) is 1. The fraction of sp³-hybridized carbons (Fsp3) is 0.0769. The molecule has 0 saturated heterocycles. The van der Waals surface area contributed by atoms with Crippen LogP contribution in [0.1, 0.15) is 21.7 Å². The second-order valence-corrected chi connectivity index (χ2v) is 4.27. The van der Waals surface area contributed by atoms with Crippen LogP contribution in [-0.2, 0) is 11.3 Å². The maximum Gasteiger partial charge on any atom is 0.374 e. The molecule has 18 heavy (non-hydrogen) atoms. The molecule has 5 heteroatoms. The fourth-order valence-corrected chi connectivity index (χ4v) is 1.68. The van der Waals surface area contributed by atoms with E-state index in [2.05, 4.69) is 15.9 Å². The lowest BCUT2D eigenvalue weighted by Gasteiger charge is -2.03. The Morgan fingerprint density at radius 2 is 2.22 bits per heavy atom. The Balaban J connectivity index is 1.99. The van der Waals surface area contributed by atoms with Gasteiger partial charge in [-0.25, -0.2) is 4.79 Å². The third-order valence-electron chi connectivity index (χ3n) is 2.20. The van der Waals surface area contributed by atoms with Crippen LogP contribution in [0, 0.1) is 11.3 Å². The summed E-state index contributed by atoms with van der Waals surface area (Å²) in [5, 5.41) is 8.74. The normalized spacial score (nSPS) is 9.78. The van der Waals surface area contributed by atoms with Crippen molar-refractivity contribution in [2.45, 2.75) is 6.61 Å². The first-order valence-corrected chi connectivity index (χ1v) is 5.90. The Hall–Kier alpha value is -2.06. The average molecular weight is 306 g/mol. The summed E-state index contributed by atoms with van der Waals surface area (Å²) in [5.74, 6) is -0.402. The first kappa shape index (κ1) is 12.4. The lowest BCUT2D eigenvalue weighted by atomic mass is 10.1. The lowest BCUT2D eigenvalue weighted by molar-refractivity contribution is 0.0434. The van der Waals surface area contributed by atoms with Crippen molar-refractivity contribution in [3.63, 3.8) is 0 Å². The average Bonchev–Trinajstić information content (AvgIpc) is 2.83. The number of nitriles is 1. The van der Waals surface area contributed by atoms with E-state index >= 15 is 0 Å². The Morgan fingerprint density at radius 1 is 1.39 bits per heavy atom. The molecule has 90 valence electrons. The van der Waals surface area contributed by atoms with Gasteiger partial charge in [0.2, 0.25) is 5.76 Å². The van der Waals surface area contributed by atoms with E-state index < -0.39 is 5.97 Å². The van der Waals surface area contributed by atoms with Crippen molar-refractivity contribution < 1.29 is 13.9 Å². The molecular formula is C13H8BrNO3. The van der Waals surface area contributed by atoms with Gasteiger partial charge in [0.1, 0.15) is 6.61 Å². The Kier molecular flexibility index (Phi) is 3.80. The standard InChI is InChI=1S/C13H8BrNO3/c14-12-5-4-11(18-12)13(16)17-8-10-3-1-2-9(6-10)7-15/h1-6H,8H2. The third-order valence-corrected chi connectivity index (χ3v) is 2.63. The predicted molar refractivity (Wildman–Crippen MR) is 66.7 cm³/mol. The van der Waals surface area contributed by atoms with E-state index in [4.69, 9.17) is 14.4 Å². The molecule has 2 rings (SSSR count). The molecule has 0 saturated carbocycles. The number of furan rings is 1. The Labute approximate surface area is 112 Å². The zero-order valence-corrected chi connectivity index (χ0v) is 10.8. The monoisotopic (exact) mass is 305 g/mol. The van der Waals surface area contributed by atoms with Crippen LogP contribution < -0.4 is 0 Å². The van der Waals surface area contributed by atoms with Gasteiger partial charge >= 0.3 is 5.97 Å². The molecule has 1 aromatic carbocycles. The van der Waals surface area contributed by atoms with E-state index in [0.29, 0.717) is 10.2 Å². The lowest BCUT2D eigenvalue weighted by Crippen LogP contribution is -2.03. The van der Waals surface area contributed by atoms with E-state index in [1.54, 1.807) is 30.3 Å². The zero-order chi connectivity index (χ0) is 13.0. The molecular weight excluding hydrogens is 298 g/mol. The number of nitrogens with zero attached hydrogens (tertiary/aromatic N) is 1. The number of halogens is 1. The van der Waals surface area contributed by atoms with Crippen LogP contribution in [0.15, 0.2) is 45.5 Å². The minimum atomic E-state index is -0.539. The molecule has 0 aliphatic carbocycles. The van der Waals surface area contributed by atoms with Crippen molar-refractivity contribution in [2.24, 2.45) is 0 Å². The summed E-state index contributed by atoms with van der Waals surface area (Å²) in [6.07, 6.45) is 0. The molecule has 2 aromatic rings. The number of esters is 1. The highest BCUT2D eigenvalue weighted by Crippen LogP contribution is 2.15. The number of carbonyl (C=O) groups is 1. The second-order valence-electron chi connectivity index (χ2n) is 3.49. The third kappa shape index (κ3) is 2.99. The van der Waals surface area contributed by atoms with Crippen LogP contribution in [0.25, 0.3) is 0 Å². The van der Waals surface area contributed by atoms with Gasteiger partial charge in [-0.1, -0.05) is 12.1 Å². The largest absolute Gasteiger partial charge is 0.455 e. The van der Waals surface area contributed by atoms with Crippen LogP contribution in [0.4, 0.5) is 0 Å².